The van der Waals surface area contributed by atoms with Crippen molar-refractivity contribution in [2.45, 2.75) is 49.3 Å². The molecule has 6 atom stereocenters. The maximum atomic E-state index is 14.1. The Morgan fingerprint density at radius 3 is 2.67 bits per heavy atom. The molecule has 2 bridgehead atoms. The third kappa shape index (κ3) is 3.45. The van der Waals surface area contributed by atoms with Gasteiger partial charge in [0.15, 0.2) is 11.5 Å². The molecule has 3 fully saturated rings. The number of rotatable bonds is 6. The average Bonchev–Trinajstić information content (AvgIpc) is 3.10. The van der Waals surface area contributed by atoms with Gasteiger partial charge in [-0.15, -0.1) is 11.6 Å². The van der Waals surface area contributed by atoms with E-state index < -0.39 is 5.41 Å². The number of anilines is 1. The lowest BCUT2D eigenvalue weighted by molar-refractivity contribution is -0.145. The van der Waals surface area contributed by atoms with E-state index in [1.165, 1.54) is 5.57 Å². The monoisotopic (exact) mass is 548 g/mol. The number of amides is 2. The maximum absolute atomic E-state index is 14.1. The topological polar surface area (TPSA) is 68.3 Å². The predicted molar refractivity (Wildman–Crippen MR) is 148 cm³/mol. The fourth-order valence-electron chi connectivity index (χ4n) is 8.49. The molecule has 2 saturated heterocycles. The number of alkyl halides is 1. The van der Waals surface area contributed by atoms with Crippen molar-refractivity contribution in [3.05, 3.63) is 65.2 Å². The van der Waals surface area contributed by atoms with E-state index in [0.717, 1.165) is 23.2 Å². The van der Waals surface area contributed by atoms with Crippen LogP contribution in [0.1, 0.15) is 30.4 Å². The van der Waals surface area contributed by atoms with Crippen LogP contribution in [0.3, 0.4) is 0 Å². The van der Waals surface area contributed by atoms with Crippen LogP contribution in [-0.4, -0.2) is 68.2 Å². The number of hydrogen-bond acceptors (Lipinski definition) is 5. The Labute approximate surface area is 233 Å². The minimum absolute atomic E-state index is 0.0525. The number of fused-ring (bicyclic) bond motifs is 5. The summed E-state index contributed by atoms with van der Waals surface area (Å²) < 4.78 is 17.8. The van der Waals surface area contributed by atoms with Gasteiger partial charge in [0, 0.05) is 35.9 Å². The highest BCUT2D eigenvalue weighted by molar-refractivity contribution is 6.18. The van der Waals surface area contributed by atoms with Gasteiger partial charge in [0.1, 0.15) is 0 Å². The average molecular weight is 549 g/mol. The number of nitrogens with zero attached hydrogens (tertiary/aromatic N) is 2. The van der Waals surface area contributed by atoms with Gasteiger partial charge in [-0.1, -0.05) is 36.4 Å². The molecule has 2 aromatic carbocycles. The van der Waals surface area contributed by atoms with E-state index >= 15 is 0 Å². The first-order valence-electron chi connectivity index (χ1n) is 13.8. The molecule has 1 saturated carbocycles. The zero-order valence-corrected chi connectivity index (χ0v) is 23.0. The molecule has 4 heterocycles. The largest absolute Gasteiger partial charge is 0.493 e. The van der Waals surface area contributed by atoms with E-state index in [9.17, 15) is 9.59 Å². The van der Waals surface area contributed by atoms with E-state index in [1.807, 2.05) is 47.4 Å². The summed E-state index contributed by atoms with van der Waals surface area (Å²) in [5, 5.41) is 0. The summed E-state index contributed by atoms with van der Waals surface area (Å²) in [6.07, 6.45) is 4.17. The molecule has 0 aromatic heterocycles. The Morgan fingerprint density at radius 2 is 1.92 bits per heavy atom. The number of hydrogen-bond donors (Lipinski definition) is 0. The van der Waals surface area contributed by atoms with Crippen LogP contribution in [-0.2, 0) is 26.2 Å². The van der Waals surface area contributed by atoms with Crippen LogP contribution in [0.4, 0.5) is 5.69 Å². The molecule has 8 heteroatoms. The molecule has 0 unspecified atom stereocenters. The number of piperidine rings is 2. The molecule has 0 N–H and O–H groups in total. The quantitative estimate of drug-likeness (QED) is 0.401. The SMILES string of the molecule is COc1cc2c(cc1OC)[C@]1(CCCl)[C@@H]3C[C@H]4C(=CCO[C@H]5CC(=O)N2[C@H]1[C@H]54)CN3C(=O)Cc1ccccc1. The van der Waals surface area contributed by atoms with Crippen LogP contribution in [0.25, 0.3) is 0 Å². The Hall–Kier alpha value is -3.03. The molecule has 7 nitrogen and oxygen atoms in total. The van der Waals surface area contributed by atoms with Gasteiger partial charge in [0.2, 0.25) is 11.8 Å². The van der Waals surface area contributed by atoms with Gasteiger partial charge < -0.3 is 24.0 Å². The van der Waals surface area contributed by atoms with Crippen LogP contribution >= 0.6 is 11.6 Å². The van der Waals surface area contributed by atoms with Crippen LogP contribution in [0.15, 0.2) is 54.1 Å². The van der Waals surface area contributed by atoms with Gasteiger partial charge >= 0.3 is 0 Å². The Balaban J connectivity index is 1.44. The van der Waals surface area contributed by atoms with Crippen molar-refractivity contribution >= 4 is 29.1 Å². The minimum atomic E-state index is -0.544. The van der Waals surface area contributed by atoms with Gasteiger partial charge in [0.25, 0.3) is 0 Å². The van der Waals surface area contributed by atoms with Gasteiger partial charge in [-0.25, -0.2) is 0 Å². The van der Waals surface area contributed by atoms with Gasteiger partial charge in [-0.2, -0.15) is 0 Å². The van der Waals surface area contributed by atoms with E-state index in [1.54, 1.807) is 14.2 Å². The molecule has 7 rings (SSSR count). The van der Waals surface area contributed by atoms with Crippen LogP contribution < -0.4 is 14.4 Å². The van der Waals surface area contributed by atoms with Crippen molar-refractivity contribution in [3.63, 3.8) is 0 Å². The van der Waals surface area contributed by atoms with Crippen molar-refractivity contribution < 1.29 is 23.8 Å². The Morgan fingerprint density at radius 1 is 1.15 bits per heavy atom. The van der Waals surface area contributed by atoms with Gasteiger partial charge in [-0.05, 0) is 41.5 Å². The molecule has 2 aromatic rings. The first-order chi connectivity index (χ1) is 19.0. The lowest BCUT2D eigenvalue weighted by atomic mass is 9.51. The first kappa shape index (κ1) is 25.0. The second kappa shape index (κ2) is 9.27. The molecular weight excluding hydrogens is 516 g/mol. The molecule has 2 amide bonds. The highest BCUT2D eigenvalue weighted by Crippen LogP contribution is 2.64. The zero-order chi connectivity index (χ0) is 26.9. The number of halogens is 1. The van der Waals surface area contributed by atoms with Gasteiger partial charge in [0.05, 0.1) is 51.5 Å². The lowest BCUT2D eigenvalue weighted by Gasteiger charge is -2.62. The summed E-state index contributed by atoms with van der Waals surface area (Å²) in [7, 11) is 3.24. The molecule has 39 heavy (non-hydrogen) atoms. The molecular formula is C31H33ClN2O5. The minimum Gasteiger partial charge on any atom is -0.493 e. The van der Waals surface area contributed by atoms with Crippen LogP contribution in [0.2, 0.25) is 0 Å². The standard InChI is InChI=1S/C31H33ClN2O5/c1-37-23-14-21-22(15-24(23)38-2)34-28(36)16-25-29-20-13-26(31(21,9-10-32)30(29)34)33(17-19(20)8-11-39-25)27(35)12-18-6-4-3-5-7-18/h3-8,14-15,20,25-26,29-30H,9-13,16-17H2,1-2H3/t20-,25-,26-,29-,30-,31+/m0/s1. The number of benzene rings is 2. The molecule has 204 valence electrons. The van der Waals surface area contributed by atoms with E-state index in [4.69, 9.17) is 25.8 Å². The molecule has 5 aliphatic rings. The fraction of sp³-hybridized carbons (Fsp3) is 0.484. The summed E-state index contributed by atoms with van der Waals surface area (Å²) in [6.45, 7) is 1.05. The third-order valence-electron chi connectivity index (χ3n) is 9.93. The third-order valence-corrected chi connectivity index (χ3v) is 10.1. The second-order valence-electron chi connectivity index (χ2n) is 11.4. The highest BCUT2D eigenvalue weighted by atomic mass is 35.5. The zero-order valence-electron chi connectivity index (χ0n) is 22.3. The smallest absolute Gasteiger partial charge is 0.229 e. The summed E-state index contributed by atoms with van der Waals surface area (Å²) in [5.41, 5.74) is 3.59. The Kier molecular flexibility index (Phi) is 5.94. The summed E-state index contributed by atoms with van der Waals surface area (Å²) in [6, 6.07) is 13.6. The Bertz CT molecular complexity index is 1360. The number of carbonyl (C=O) groups is 2. The number of ether oxygens (including phenoxy) is 3. The number of likely N-dealkylation sites (tertiary alicyclic amines) is 1. The van der Waals surface area contributed by atoms with Crippen molar-refractivity contribution in [1.82, 2.24) is 4.90 Å². The van der Waals surface area contributed by atoms with Crippen LogP contribution in [0.5, 0.6) is 11.5 Å². The van der Waals surface area contributed by atoms with Crippen LogP contribution in [0, 0.1) is 11.8 Å². The molecule has 4 aliphatic heterocycles. The fourth-order valence-corrected chi connectivity index (χ4v) is 8.80. The second-order valence-corrected chi connectivity index (χ2v) is 11.8. The highest BCUT2D eigenvalue weighted by Gasteiger charge is 2.69. The molecule has 1 aliphatic carbocycles. The number of methoxy groups -OCH3 is 2. The molecule has 0 radical (unpaired) electrons. The molecule has 0 spiro atoms. The van der Waals surface area contributed by atoms with E-state index in [0.29, 0.717) is 49.8 Å². The van der Waals surface area contributed by atoms with Crippen molar-refractivity contribution in [2.75, 3.05) is 38.2 Å². The summed E-state index contributed by atoms with van der Waals surface area (Å²) in [4.78, 5) is 32.1. The number of carbonyl (C=O) groups excluding carboxylic acids is 2. The lowest BCUT2D eigenvalue weighted by Crippen LogP contribution is -2.72. The van der Waals surface area contributed by atoms with E-state index in [-0.39, 0.29) is 41.8 Å². The van der Waals surface area contributed by atoms with Crippen molar-refractivity contribution in [2.24, 2.45) is 11.8 Å². The normalized spacial score (nSPS) is 31.8. The first-order valence-corrected chi connectivity index (χ1v) is 14.3. The summed E-state index contributed by atoms with van der Waals surface area (Å²) in [5.74, 6) is 2.15. The van der Waals surface area contributed by atoms with Gasteiger partial charge in [-0.3, -0.25) is 9.59 Å². The van der Waals surface area contributed by atoms with Crippen molar-refractivity contribution in [1.29, 1.82) is 0 Å². The summed E-state index contributed by atoms with van der Waals surface area (Å²) >= 11 is 6.63. The predicted octanol–water partition coefficient (Wildman–Crippen LogP) is 4.10. The maximum Gasteiger partial charge on any atom is 0.229 e. The van der Waals surface area contributed by atoms with Crippen molar-refractivity contribution in [3.8, 4) is 11.5 Å². The van der Waals surface area contributed by atoms with E-state index in [2.05, 4.69) is 11.0 Å².